The number of likely N-dealkylation sites (tertiary alicyclic amines) is 1. The molecule has 0 amide bonds. The number of aryl methyl sites for hydroxylation is 1. The summed E-state index contributed by atoms with van der Waals surface area (Å²) in [6.07, 6.45) is 0.471. The highest BCUT2D eigenvalue weighted by atomic mass is 16.5. The fourth-order valence-electron chi connectivity index (χ4n) is 3.48. The second-order valence-electron chi connectivity index (χ2n) is 6.61. The van der Waals surface area contributed by atoms with Gasteiger partial charge in [-0.25, -0.2) is 0 Å². The lowest BCUT2D eigenvalue weighted by Crippen LogP contribution is -2.42. The zero-order valence-electron chi connectivity index (χ0n) is 14.3. The molecule has 0 aromatic heterocycles. The predicted octanol–water partition coefficient (Wildman–Crippen LogP) is 3.06. The van der Waals surface area contributed by atoms with Crippen LogP contribution in [-0.2, 0) is 6.54 Å². The maximum absolute atomic E-state index is 10.6. The molecule has 2 aromatic carbocycles. The molecule has 1 fully saturated rings. The average molecular weight is 327 g/mol. The van der Waals surface area contributed by atoms with E-state index in [-0.39, 0.29) is 5.92 Å². The van der Waals surface area contributed by atoms with Gasteiger partial charge >= 0.3 is 0 Å². The molecule has 24 heavy (non-hydrogen) atoms. The molecule has 128 valence electrons. The first-order valence-corrected chi connectivity index (χ1v) is 8.39. The molecule has 2 N–H and O–H groups in total. The molecule has 0 unspecified atom stereocenters. The number of methoxy groups -OCH3 is 1. The number of hydrogen-bond acceptors (Lipinski definition) is 4. The zero-order valence-corrected chi connectivity index (χ0v) is 14.3. The standard InChI is InChI=1S/C20H25NO3/c1-14-6-7-19(22)16(10-14)12-21-9-8-18(20(23)13-21)15-4-3-5-17(11-15)24-2/h3-7,10-11,18,20,22-23H,8-9,12-13H2,1-2H3/t18-,20+/m0/s1. The van der Waals surface area contributed by atoms with Crippen LogP contribution in [0.4, 0.5) is 0 Å². The molecule has 4 nitrogen and oxygen atoms in total. The molecule has 2 atom stereocenters. The van der Waals surface area contributed by atoms with Gasteiger partial charge in [-0.05, 0) is 43.7 Å². The Morgan fingerprint density at radius 3 is 2.79 bits per heavy atom. The number of aromatic hydroxyl groups is 1. The summed E-state index contributed by atoms with van der Waals surface area (Å²) in [6, 6.07) is 13.6. The van der Waals surface area contributed by atoms with Crippen LogP contribution in [0.25, 0.3) is 0 Å². The number of aliphatic hydroxyl groups excluding tert-OH is 1. The van der Waals surface area contributed by atoms with Crippen molar-refractivity contribution in [3.8, 4) is 11.5 Å². The van der Waals surface area contributed by atoms with Gasteiger partial charge in [0.25, 0.3) is 0 Å². The topological polar surface area (TPSA) is 52.9 Å². The number of nitrogens with zero attached hydrogens (tertiary/aromatic N) is 1. The van der Waals surface area contributed by atoms with Gasteiger partial charge in [0.2, 0.25) is 0 Å². The molecule has 3 rings (SSSR count). The fourth-order valence-corrected chi connectivity index (χ4v) is 3.48. The Balaban J connectivity index is 1.67. The van der Waals surface area contributed by atoms with Crippen molar-refractivity contribution >= 4 is 0 Å². The van der Waals surface area contributed by atoms with Crippen molar-refractivity contribution in [2.75, 3.05) is 20.2 Å². The number of β-amino-alcohol motifs (C(OH)–C–C–N with tert-alkyl or cyclic N) is 1. The van der Waals surface area contributed by atoms with E-state index in [4.69, 9.17) is 4.74 Å². The van der Waals surface area contributed by atoms with Crippen molar-refractivity contribution in [3.05, 3.63) is 59.2 Å². The van der Waals surface area contributed by atoms with Crippen molar-refractivity contribution in [1.29, 1.82) is 0 Å². The van der Waals surface area contributed by atoms with Crippen LogP contribution in [0.5, 0.6) is 11.5 Å². The summed E-state index contributed by atoms with van der Waals surface area (Å²) in [5.74, 6) is 1.28. The molecule has 0 radical (unpaired) electrons. The molecule has 2 aromatic rings. The first-order chi connectivity index (χ1) is 11.6. The lowest BCUT2D eigenvalue weighted by molar-refractivity contribution is 0.0473. The van der Waals surface area contributed by atoms with Crippen molar-refractivity contribution in [3.63, 3.8) is 0 Å². The number of hydrogen-bond donors (Lipinski definition) is 2. The molecule has 0 spiro atoms. The molecule has 0 aliphatic carbocycles. The van der Waals surface area contributed by atoms with Crippen LogP contribution in [0.3, 0.4) is 0 Å². The highest BCUT2D eigenvalue weighted by Crippen LogP contribution is 2.31. The molecule has 1 aliphatic rings. The first-order valence-electron chi connectivity index (χ1n) is 8.39. The summed E-state index contributed by atoms with van der Waals surface area (Å²) >= 11 is 0. The average Bonchev–Trinajstić information content (AvgIpc) is 2.58. The summed E-state index contributed by atoms with van der Waals surface area (Å²) < 4.78 is 5.29. The zero-order chi connectivity index (χ0) is 17.1. The summed E-state index contributed by atoms with van der Waals surface area (Å²) in [6.45, 7) is 4.18. The van der Waals surface area contributed by atoms with E-state index in [1.165, 1.54) is 0 Å². The molecule has 0 bridgehead atoms. The lowest BCUT2D eigenvalue weighted by atomic mass is 9.87. The van der Waals surface area contributed by atoms with Gasteiger partial charge in [-0.15, -0.1) is 0 Å². The van der Waals surface area contributed by atoms with Crippen molar-refractivity contribution in [2.24, 2.45) is 0 Å². The quantitative estimate of drug-likeness (QED) is 0.906. The van der Waals surface area contributed by atoms with Crippen LogP contribution in [0.15, 0.2) is 42.5 Å². The summed E-state index contributed by atoms with van der Waals surface area (Å²) in [5.41, 5.74) is 3.18. The highest BCUT2D eigenvalue weighted by Gasteiger charge is 2.29. The largest absolute Gasteiger partial charge is 0.508 e. The number of rotatable bonds is 4. The van der Waals surface area contributed by atoms with Gasteiger partial charge in [0.1, 0.15) is 11.5 Å². The van der Waals surface area contributed by atoms with Crippen LogP contribution < -0.4 is 4.74 Å². The third-order valence-corrected chi connectivity index (χ3v) is 4.82. The number of ether oxygens (including phenoxy) is 1. The second kappa shape index (κ2) is 7.24. The van der Waals surface area contributed by atoms with Crippen molar-refractivity contribution in [2.45, 2.75) is 31.9 Å². The van der Waals surface area contributed by atoms with Gasteiger partial charge < -0.3 is 14.9 Å². The van der Waals surface area contributed by atoms with Crippen LogP contribution in [0.1, 0.15) is 29.0 Å². The SMILES string of the molecule is COc1cccc([C@@H]2CCN(Cc3cc(C)ccc3O)C[C@H]2O)c1. The van der Waals surface area contributed by atoms with E-state index >= 15 is 0 Å². The maximum Gasteiger partial charge on any atom is 0.120 e. The summed E-state index contributed by atoms with van der Waals surface area (Å²) in [7, 11) is 1.66. The summed E-state index contributed by atoms with van der Waals surface area (Å²) in [4.78, 5) is 2.20. The first kappa shape index (κ1) is 16.8. The Hall–Kier alpha value is -2.04. The minimum atomic E-state index is -0.419. The van der Waals surface area contributed by atoms with E-state index in [2.05, 4.69) is 11.0 Å². The van der Waals surface area contributed by atoms with Crippen LogP contribution >= 0.6 is 0 Å². The van der Waals surface area contributed by atoms with Gasteiger partial charge in [0, 0.05) is 24.6 Å². The Morgan fingerprint density at radius 1 is 1.21 bits per heavy atom. The van der Waals surface area contributed by atoms with E-state index in [1.807, 2.05) is 37.3 Å². The van der Waals surface area contributed by atoms with Crippen molar-refractivity contribution in [1.82, 2.24) is 4.90 Å². The lowest BCUT2D eigenvalue weighted by Gasteiger charge is -2.36. The molecule has 1 saturated heterocycles. The molecule has 4 heteroatoms. The van der Waals surface area contributed by atoms with Gasteiger partial charge in [-0.3, -0.25) is 4.90 Å². The van der Waals surface area contributed by atoms with Gasteiger partial charge in [-0.1, -0.05) is 29.8 Å². The molecular weight excluding hydrogens is 302 g/mol. The Morgan fingerprint density at radius 2 is 2.04 bits per heavy atom. The summed E-state index contributed by atoms with van der Waals surface area (Å²) in [5, 5.41) is 20.6. The normalized spacial score (nSPS) is 21.6. The number of aliphatic hydroxyl groups is 1. The number of phenolic OH excluding ortho intramolecular Hbond substituents is 1. The second-order valence-corrected chi connectivity index (χ2v) is 6.61. The minimum absolute atomic E-state index is 0.127. The Kier molecular flexibility index (Phi) is 5.07. The third kappa shape index (κ3) is 3.71. The monoisotopic (exact) mass is 327 g/mol. The molecule has 0 saturated carbocycles. The smallest absolute Gasteiger partial charge is 0.120 e. The van der Waals surface area contributed by atoms with E-state index in [9.17, 15) is 10.2 Å². The van der Waals surface area contributed by atoms with Gasteiger partial charge in [-0.2, -0.15) is 0 Å². The number of piperidine rings is 1. The Bertz CT molecular complexity index is 701. The van der Waals surface area contributed by atoms with Crippen LogP contribution in [0.2, 0.25) is 0 Å². The van der Waals surface area contributed by atoms with E-state index < -0.39 is 6.10 Å². The predicted molar refractivity (Wildman–Crippen MR) is 94.5 cm³/mol. The van der Waals surface area contributed by atoms with Crippen LogP contribution in [-0.4, -0.2) is 41.4 Å². The molecule has 1 aliphatic heterocycles. The minimum Gasteiger partial charge on any atom is -0.508 e. The van der Waals surface area contributed by atoms with E-state index in [1.54, 1.807) is 13.2 Å². The van der Waals surface area contributed by atoms with E-state index in [0.29, 0.717) is 18.8 Å². The van der Waals surface area contributed by atoms with Gasteiger partial charge in [0.05, 0.1) is 13.2 Å². The fraction of sp³-hybridized carbons (Fsp3) is 0.400. The molecule has 1 heterocycles. The molecular formula is C20H25NO3. The third-order valence-electron chi connectivity index (χ3n) is 4.82. The number of phenols is 1. The van der Waals surface area contributed by atoms with Crippen molar-refractivity contribution < 1.29 is 14.9 Å². The maximum atomic E-state index is 10.6. The van der Waals surface area contributed by atoms with Gasteiger partial charge in [0.15, 0.2) is 0 Å². The van der Waals surface area contributed by atoms with Crippen LogP contribution in [0, 0.1) is 6.92 Å². The highest BCUT2D eigenvalue weighted by molar-refractivity contribution is 5.36. The number of benzene rings is 2. The van der Waals surface area contributed by atoms with E-state index in [0.717, 1.165) is 35.4 Å². The Labute approximate surface area is 143 Å².